The third kappa shape index (κ3) is 2.80. The molecule has 0 amide bonds. The molecule has 2 N–H and O–H groups in total. The number of nitrogen functional groups attached to an aromatic ring is 1. The van der Waals surface area contributed by atoms with Crippen LogP contribution >= 0.6 is 0 Å². The van der Waals surface area contributed by atoms with E-state index in [4.69, 9.17) is 15.2 Å². The highest BCUT2D eigenvalue weighted by Crippen LogP contribution is 2.43. The molecule has 2 fully saturated rings. The third-order valence-corrected chi connectivity index (χ3v) is 4.40. The van der Waals surface area contributed by atoms with Crippen molar-refractivity contribution in [2.45, 2.75) is 50.2 Å². The number of benzene rings is 1. The van der Waals surface area contributed by atoms with Crippen LogP contribution in [-0.4, -0.2) is 24.3 Å². The van der Waals surface area contributed by atoms with Crippen molar-refractivity contribution in [3.05, 3.63) is 29.8 Å². The number of nitrogens with two attached hydrogens (primary N) is 1. The van der Waals surface area contributed by atoms with Crippen LogP contribution in [0.5, 0.6) is 0 Å². The predicted octanol–water partition coefficient (Wildman–Crippen LogP) is 2.92. The third-order valence-electron chi connectivity index (χ3n) is 4.40. The van der Waals surface area contributed by atoms with Crippen molar-refractivity contribution >= 4 is 11.7 Å². The highest BCUT2D eigenvalue weighted by molar-refractivity contribution is 5.89. The van der Waals surface area contributed by atoms with Gasteiger partial charge in [-0.3, -0.25) is 0 Å². The Hall–Kier alpha value is -1.55. The van der Waals surface area contributed by atoms with Crippen LogP contribution in [0, 0.1) is 0 Å². The predicted molar refractivity (Wildman–Crippen MR) is 76.4 cm³/mol. The van der Waals surface area contributed by atoms with Crippen molar-refractivity contribution in [2.75, 3.05) is 12.3 Å². The fraction of sp³-hybridized carbons (Fsp3) is 0.562. The average Bonchev–Trinajstić information content (AvgIpc) is 3.08. The Morgan fingerprint density at radius 3 is 2.65 bits per heavy atom. The van der Waals surface area contributed by atoms with E-state index in [2.05, 4.69) is 0 Å². The quantitative estimate of drug-likeness (QED) is 0.680. The number of hydrogen-bond donors (Lipinski definition) is 1. The van der Waals surface area contributed by atoms with E-state index in [0.29, 0.717) is 17.9 Å². The van der Waals surface area contributed by atoms with Gasteiger partial charge in [0.25, 0.3) is 0 Å². The van der Waals surface area contributed by atoms with Gasteiger partial charge in [0.2, 0.25) is 0 Å². The first-order valence-corrected chi connectivity index (χ1v) is 7.37. The maximum absolute atomic E-state index is 11.9. The van der Waals surface area contributed by atoms with Crippen LogP contribution in [0.3, 0.4) is 0 Å². The molecule has 4 nitrogen and oxygen atoms in total. The van der Waals surface area contributed by atoms with E-state index >= 15 is 0 Å². The minimum atomic E-state index is -0.305. The Morgan fingerprint density at radius 2 is 1.95 bits per heavy atom. The van der Waals surface area contributed by atoms with Crippen molar-refractivity contribution in [3.63, 3.8) is 0 Å². The van der Waals surface area contributed by atoms with Crippen LogP contribution in [0.2, 0.25) is 0 Å². The molecule has 1 aromatic carbocycles. The van der Waals surface area contributed by atoms with E-state index in [0.717, 1.165) is 25.7 Å². The number of ether oxygens (including phenoxy) is 2. The summed E-state index contributed by atoms with van der Waals surface area (Å²) in [5, 5.41) is 0. The molecule has 1 spiro atoms. The van der Waals surface area contributed by atoms with Crippen LogP contribution in [0.15, 0.2) is 24.3 Å². The van der Waals surface area contributed by atoms with E-state index in [1.807, 2.05) is 0 Å². The summed E-state index contributed by atoms with van der Waals surface area (Å²) in [6, 6.07) is 6.78. The molecule has 1 unspecified atom stereocenters. The summed E-state index contributed by atoms with van der Waals surface area (Å²) in [5.41, 5.74) is 6.87. The lowest BCUT2D eigenvalue weighted by Crippen LogP contribution is -2.27. The highest BCUT2D eigenvalue weighted by Gasteiger charge is 2.42. The van der Waals surface area contributed by atoms with Gasteiger partial charge in [0.05, 0.1) is 17.3 Å². The van der Waals surface area contributed by atoms with Gasteiger partial charge in [0.1, 0.15) is 6.61 Å². The molecule has 1 saturated carbocycles. The maximum atomic E-state index is 11.9. The standard InChI is InChI=1S/C16H21NO3/c17-13-5-3-12(4-6-13)15(18)19-11-14-7-10-16(20-14)8-1-2-9-16/h3-6,14H,1-2,7-11,17H2. The van der Waals surface area contributed by atoms with Gasteiger partial charge < -0.3 is 15.2 Å². The molecule has 1 aliphatic heterocycles. The molecule has 1 atom stereocenters. The summed E-state index contributed by atoms with van der Waals surface area (Å²) in [5.74, 6) is -0.305. The van der Waals surface area contributed by atoms with E-state index in [1.165, 1.54) is 12.8 Å². The largest absolute Gasteiger partial charge is 0.459 e. The van der Waals surface area contributed by atoms with Gasteiger partial charge in [0.15, 0.2) is 0 Å². The average molecular weight is 275 g/mol. The zero-order valence-corrected chi connectivity index (χ0v) is 11.6. The Balaban J connectivity index is 1.50. The zero-order chi connectivity index (χ0) is 14.0. The Bertz CT molecular complexity index is 477. The summed E-state index contributed by atoms with van der Waals surface area (Å²) in [4.78, 5) is 11.9. The Labute approximate surface area is 119 Å². The smallest absolute Gasteiger partial charge is 0.338 e. The van der Waals surface area contributed by atoms with Gasteiger partial charge in [-0.05, 0) is 49.9 Å². The molecular weight excluding hydrogens is 254 g/mol. The molecule has 0 radical (unpaired) electrons. The number of carbonyl (C=O) groups excluding carboxylic acids is 1. The number of esters is 1. The normalized spacial score (nSPS) is 24.1. The summed E-state index contributed by atoms with van der Waals surface area (Å²) < 4.78 is 11.5. The maximum Gasteiger partial charge on any atom is 0.338 e. The lowest BCUT2D eigenvalue weighted by molar-refractivity contribution is -0.0598. The first-order chi connectivity index (χ1) is 9.67. The van der Waals surface area contributed by atoms with E-state index in [-0.39, 0.29) is 17.7 Å². The molecule has 20 heavy (non-hydrogen) atoms. The summed E-state index contributed by atoms with van der Waals surface area (Å²) in [7, 11) is 0. The van der Waals surface area contributed by atoms with Gasteiger partial charge in [0, 0.05) is 5.69 Å². The molecule has 0 bridgehead atoms. The number of hydrogen-bond acceptors (Lipinski definition) is 4. The molecule has 1 aromatic rings. The fourth-order valence-electron chi connectivity index (χ4n) is 3.27. The van der Waals surface area contributed by atoms with Crippen LogP contribution in [0.4, 0.5) is 5.69 Å². The molecule has 0 aromatic heterocycles. The molecule has 1 heterocycles. The second-order valence-corrected chi connectivity index (χ2v) is 5.89. The molecule has 1 aliphatic carbocycles. The molecule has 4 heteroatoms. The minimum absolute atomic E-state index is 0.0610. The first-order valence-electron chi connectivity index (χ1n) is 7.37. The summed E-state index contributed by atoms with van der Waals surface area (Å²) >= 11 is 0. The fourth-order valence-corrected chi connectivity index (χ4v) is 3.27. The van der Waals surface area contributed by atoms with E-state index in [1.54, 1.807) is 24.3 Å². The minimum Gasteiger partial charge on any atom is -0.459 e. The number of anilines is 1. The number of carbonyl (C=O) groups is 1. The molecule has 108 valence electrons. The van der Waals surface area contributed by atoms with Gasteiger partial charge in [-0.1, -0.05) is 12.8 Å². The van der Waals surface area contributed by atoms with Crippen molar-refractivity contribution in [1.29, 1.82) is 0 Å². The van der Waals surface area contributed by atoms with E-state index < -0.39 is 0 Å². The topological polar surface area (TPSA) is 61.6 Å². The summed E-state index contributed by atoms with van der Waals surface area (Å²) in [6.45, 7) is 0.352. The van der Waals surface area contributed by atoms with Crippen LogP contribution < -0.4 is 5.73 Å². The lowest BCUT2D eigenvalue weighted by Gasteiger charge is -2.23. The van der Waals surface area contributed by atoms with E-state index in [9.17, 15) is 4.79 Å². The van der Waals surface area contributed by atoms with Crippen LogP contribution in [0.25, 0.3) is 0 Å². The lowest BCUT2D eigenvalue weighted by atomic mass is 9.98. The van der Waals surface area contributed by atoms with Crippen molar-refractivity contribution in [3.8, 4) is 0 Å². The Kier molecular flexibility index (Phi) is 3.66. The molecule has 1 saturated heterocycles. The van der Waals surface area contributed by atoms with Gasteiger partial charge in [-0.25, -0.2) is 4.79 Å². The molecular formula is C16H21NO3. The van der Waals surface area contributed by atoms with Gasteiger partial charge >= 0.3 is 5.97 Å². The Morgan fingerprint density at radius 1 is 1.25 bits per heavy atom. The van der Waals surface area contributed by atoms with Crippen molar-refractivity contribution in [1.82, 2.24) is 0 Å². The molecule has 3 rings (SSSR count). The summed E-state index contributed by atoms with van der Waals surface area (Å²) in [6.07, 6.45) is 7.01. The monoisotopic (exact) mass is 275 g/mol. The SMILES string of the molecule is Nc1ccc(C(=O)OCC2CCC3(CCCC3)O2)cc1. The zero-order valence-electron chi connectivity index (χ0n) is 11.6. The van der Waals surface area contributed by atoms with Crippen LogP contribution in [0.1, 0.15) is 48.9 Å². The number of rotatable bonds is 3. The van der Waals surface area contributed by atoms with Crippen molar-refractivity contribution < 1.29 is 14.3 Å². The van der Waals surface area contributed by atoms with Gasteiger partial charge in [-0.2, -0.15) is 0 Å². The van der Waals surface area contributed by atoms with Gasteiger partial charge in [-0.15, -0.1) is 0 Å². The second kappa shape index (κ2) is 5.44. The second-order valence-electron chi connectivity index (χ2n) is 5.89. The van der Waals surface area contributed by atoms with Crippen molar-refractivity contribution in [2.24, 2.45) is 0 Å². The van der Waals surface area contributed by atoms with Crippen LogP contribution in [-0.2, 0) is 9.47 Å². The molecule has 2 aliphatic rings. The first kappa shape index (κ1) is 13.4. The highest BCUT2D eigenvalue weighted by atomic mass is 16.6.